The van der Waals surface area contributed by atoms with Crippen LogP contribution in [0.1, 0.15) is 21.5 Å². The van der Waals surface area contributed by atoms with Crippen molar-refractivity contribution in [1.82, 2.24) is 0 Å². The van der Waals surface area contributed by atoms with E-state index in [0.29, 0.717) is 22.6 Å². The van der Waals surface area contributed by atoms with Gasteiger partial charge < -0.3 is 14.2 Å². The normalized spacial score (nSPS) is 10.3. The lowest BCUT2D eigenvalue weighted by molar-refractivity contribution is 0.103. The maximum atomic E-state index is 13.2. The molecule has 0 heterocycles. The van der Waals surface area contributed by atoms with E-state index in [9.17, 15) is 4.79 Å². The molecule has 0 N–H and O–H groups in total. The van der Waals surface area contributed by atoms with Crippen molar-refractivity contribution in [1.29, 1.82) is 0 Å². The Kier molecular flexibility index (Phi) is 6.34. The fourth-order valence-corrected chi connectivity index (χ4v) is 3.05. The Labute approximate surface area is 156 Å². The van der Waals surface area contributed by atoms with Crippen molar-refractivity contribution < 1.29 is 19.0 Å². The minimum atomic E-state index is -0.354. The Hall–Kier alpha value is -2.17. The van der Waals surface area contributed by atoms with Gasteiger partial charge in [-0.05, 0) is 30.7 Å². The number of rotatable bonds is 7. The molecule has 6 heteroatoms. The summed E-state index contributed by atoms with van der Waals surface area (Å²) < 4.78 is 16.5. The van der Waals surface area contributed by atoms with Crippen LogP contribution < -0.4 is 14.2 Å². The van der Waals surface area contributed by atoms with Crippen molar-refractivity contribution in [2.45, 2.75) is 6.92 Å². The van der Waals surface area contributed by atoms with Gasteiger partial charge in [-0.1, -0.05) is 41.9 Å². The molecule has 2 rings (SSSR count). The van der Waals surface area contributed by atoms with E-state index >= 15 is 0 Å². The van der Waals surface area contributed by atoms with E-state index in [2.05, 4.69) is 6.58 Å². The highest BCUT2D eigenvalue weighted by Gasteiger charge is 2.27. The largest absolute Gasteiger partial charge is 0.493 e. The highest BCUT2D eigenvalue weighted by molar-refractivity contribution is 6.41. The maximum Gasteiger partial charge on any atom is 0.204 e. The van der Waals surface area contributed by atoms with E-state index < -0.39 is 0 Å². The van der Waals surface area contributed by atoms with Gasteiger partial charge in [-0.25, -0.2) is 0 Å². The van der Waals surface area contributed by atoms with Crippen LogP contribution in [0.15, 0.2) is 36.9 Å². The molecule has 0 radical (unpaired) electrons. The summed E-state index contributed by atoms with van der Waals surface area (Å²) in [5.74, 6) is 0.690. The van der Waals surface area contributed by atoms with Gasteiger partial charge in [0.25, 0.3) is 0 Å². The van der Waals surface area contributed by atoms with Gasteiger partial charge in [-0.2, -0.15) is 0 Å². The lowest BCUT2D eigenvalue weighted by Crippen LogP contribution is -2.11. The van der Waals surface area contributed by atoms with Crippen LogP contribution in [0.5, 0.6) is 17.2 Å². The highest BCUT2D eigenvalue weighted by atomic mass is 35.5. The second-order valence-electron chi connectivity index (χ2n) is 5.16. The fraction of sp³-hybridized carbons (Fsp3) is 0.211. The first-order valence-corrected chi connectivity index (χ1v) is 8.19. The smallest absolute Gasteiger partial charge is 0.204 e. The average Bonchev–Trinajstić information content (AvgIpc) is 2.58. The molecule has 2 aromatic carbocycles. The SMILES string of the molecule is C=CCOc1c(OC)c(OC)cc(C)c1C(=O)c1c(Cl)cccc1Cl. The quantitative estimate of drug-likeness (QED) is 0.494. The Balaban J connectivity index is 2.74. The van der Waals surface area contributed by atoms with Crippen molar-refractivity contribution in [2.24, 2.45) is 0 Å². The minimum Gasteiger partial charge on any atom is -0.493 e. The summed E-state index contributed by atoms with van der Waals surface area (Å²) in [7, 11) is 2.99. The van der Waals surface area contributed by atoms with Crippen molar-refractivity contribution in [3.8, 4) is 17.2 Å². The van der Waals surface area contributed by atoms with Gasteiger partial charge in [0, 0.05) is 0 Å². The topological polar surface area (TPSA) is 44.8 Å². The monoisotopic (exact) mass is 380 g/mol. The number of methoxy groups -OCH3 is 2. The lowest BCUT2D eigenvalue weighted by atomic mass is 9.97. The molecule has 0 fully saturated rings. The number of hydrogen-bond donors (Lipinski definition) is 0. The molecule has 25 heavy (non-hydrogen) atoms. The molecule has 0 amide bonds. The number of benzene rings is 2. The predicted octanol–water partition coefficient (Wildman–Crippen LogP) is 5.11. The summed E-state index contributed by atoms with van der Waals surface area (Å²) in [5, 5.41) is 0.530. The van der Waals surface area contributed by atoms with Crippen molar-refractivity contribution in [2.75, 3.05) is 20.8 Å². The van der Waals surface area contributed by atoms with Crippen LogP contribution in [-0.2, 0) is 0 Å². The van der Waals surface area contributed by atoms with Crippen molar-refractivity contribution in [3.05, 3.63) is 63.7 Å². The van der Waals surface area contributed by atoms with Crippen LogP contribution in [0.4, 0.5) is 0 Å². The molecule has 0 spiro atoms. The zero-order valence-corrected chi connectivity index (χ0v) is 15.7. The van der Waals surface area contributed by atoms with Crippen LogP contribution in [0.25, 0.3) is 0 Å². The van der Waals surface area contributed by atoms with Gasteiger partial charge in [0.2, 0.25) is 5.75 Å². The van der Waals surface area contributed by atoms with Crippen LogP contribution >= 0.6 is 23.2 Å². The number of halogens is 2. The zero-order chi connectivity index (χ0) is 18.6. The number of aryl methyl sites for hydroxylation is 1. The van der Waals surface area contributed by atoms with E-state index in [1.165, 1.54) is 14.2 Å². The first kappa shape index (κ1) is 19.2. The van der Waals surface area contributed by atoms with Crippen LogP contribution in [0.3, 0.4) is 0 Å². The van der Waals surface area contributed by atoms with Gasteiger partial charge in [0.05, 0.1) is 35.4 Å². The summed E-state index contributed by atoms with van der Waals surface area (Å²) in [4.78, 5) is 13.2. The summed E-state index contributed by atoms with van der Waals surface area (Å²) in [5.41, 5.74) is 1.18. The number of carbonyl (C=O) groups is 1. The lowest BCUT2D eigenvalue weighted by Gasteiger charge is -2.19. The molecule has 2 aromatic rings. The minimum absolute atomic E-state index is 0.194. The molecule has 132 valence electrons. The number of ether oxygens (including phenoxy) is 3. The second-order valence-corrected chi connectivity index (χ2v) is 5.97. The summed E-state index contributed by atoms with van der Waals surface area (Å²) >= 11 is 12.4. The summed E-state index contributed by atoms with van der Waals surface area (Å²) in [6, 6.07) is 6.61. The molecule has 0 aliphatic heterocycles. The number of ketones is 1. The third-order valence-corrected chi connectivity index (χ3v) is 4.22. The van der Waals surface area contributed by atoms with Crippen LogP contribution in [0.2, 0.25) is 10.0 Å². The molecule has 0 bridgehead atoms. The first-order chi connectivity index (χ1) is 12.0. The molecular weight excluding hydrogens is 363 g/mol. The molecule has 0 atom stereocenters. The zero-order valence-electron chi connectivity index (χ0n) is 14.2. The Morgan fingerprint density at radius 2 is 1.76 bits per heavy atom. The molecular formula is C19H18Cl2O4. The molecule has 0 aliphatic rings. The molecule has 0 aromatic heterocycles. The second kappa shape index (κ2) is 8.28. The number of hydrogen-bond acceptors (Lipinski definition) is 4. The summed E-state index contributed by atoms with van der Waals surface area (Å²) in [6.45, 7) is 5.61. The Morgan fingerprint density at radius 3 is 2.28 bits per heavy atom. The van der Waals surface area contributed by atoms with Gasteiger partial charge in [-0.15, -0.1) is 0 Å². The predicted molar refractivity (Wildman–Crippen MR) is 99.9 cm³/mol. The average molecular weight is 381 g/mol. The number of carbonyl (C=O) groups excluding carboxylic acids is 1. The Bertz CT molecular complexity index is 795. The van der Waals surface area contributed by atoms with Crippen molar-refractivity contribution >= 4 is 29.0 Å². The van der Waals surface area contributed by atoms with Crippen LogP contribution in [0, 0.1) is 6.92 Å². The van der Waals surface area contributed by atoms with E-state index in [1.54, 1.807) is 37.3 Å². The molecule has 0 unspecified atom stereocenters. The third kappa shape index (κ3) is 3.75. The standard InChI is InChI=1S/C19H18Cl2O4/c1-5-9-25-19-15(11(2)10-14(23-3)18(19)24-4)17(22)16-12(20)7-6-8-13(16)21/h5-8,10H,1,9H2,2-4H3. The molecule has 4 nitrogen and oxygen atoms in total. The van der Waals surface area contributed by atoms with Crippen LogP contribution in [-0.4, -0.2) is 26.6 Å². The fourth-order valence-electron chi connectivity index (χ4n) is 2.49. The highest BCUT2D eigenvalue weighted by Crippen LogP contribution is 2.43. The maximum absolute atomic E-state index is 13.2. The van der Waals surface area contributed by atoms with Gasteiger partial charge in [0.15, 0.2) is 17.3 Å². The van der Waals surface area contributed by atoms with Gasteiger partial charge in [0.1, 0.15) is 6.61 Å². The van der Waals surface area contributed by atoms with Crippen molar-refractivity contribution in [3.63, 3.8) is 0 Å². The Morgan fingerprint density at radius 1 is 1.12 bits per heavy atom. The first-order valence-electron chi connectivity index (χ1n) is 7.44. The van der Waals surface area contributed by atoms with E-state index in [1.807, 2.05) is 0 Å². The van der Waals surface area contributed by atoms with Gasteiger partial charge in [-0.3, -0.25) is 4.79 Å². The molecule has 0 saturated heterocycles. The van der Waals surface area contributed by atoms with E-state index in [0.717, 1.165) is 0 Å². The van der Waals surface area contributed by atoms with E-state index in [4.69, 9.17) is 37.4 Å². The van der Waals surface area contributed by atoms with E-state index in [-0.39, 0.29) is 33.7 Å². The van der Waals surface area contributed by atoms with Gasteiger partial charge >= 0.3 is 0 Å². The third-order valence-electron chi connectivity index (χ3n) is 3.59. The molecule has 0 aliphatic carbocycles. The molecule has 0 saturated carbocycles. The summed E-state index contributed by atoms with van der Waals surface area (Å²) in [6.07, 6.45) is 1.57.